The van der Waals surface area contributed by atoms with Gasteiger partial charge in [-0.1, -0.05) is 43.9 Å². The topological polar surface area (TPSA) is 35.5 Å². The fourth-order valence-electron chi connectivity index (χ4n) is 1.78. The molecule has 1 aromatic rings. The van der Waals surface area contributed by atoms with Crippen LogP contribution in [0.5, 0.6) is 0 Å². The van der Waals surface area contributed by atoms with Crippen molar-refractivity contribution in [3.8, 4) is 0 Å². The van der Waals surface area contributed by atoms with Gasteiger partial charge < -0.3 is 9.47 Å². The summed E-state index contributed by atoms with van der Waals surface area (Å²) in [6.45, 7) is 5.69. The van der Waals surface area contributed by atoms with E-state index >= 15 is 0 Å². The van der Waals surface area contributed by atoms with Crippen molar-refractivity contribution in [3.05, 3.63) is 35.4 Å². The molecule has 0 fully saturated rings. The molecule has 0 atom stereocenters. The van der Waals surface area contributed by atoms with Gasteiger partial charge in [-0.25, -0.2) is 4.79 Å². The van der Waals surface area contributed by atoms with Crippen molar-refractivity contribution in [3.63, 3.8) is 0 Å². The Morgan fingerprint density at radius 2 is 1.95 bits per heavy atom. The largest absolute Gasteiger partial charge is 0.460 e. The number of aryl methyl sites for hydroxylation is 1. The lowest BCUT2D eigenvalue weighted by atomic mass is 10.1. The first kappa shape index (κ1) is 15.7. The van der Waals surface area contributed by atoms with Crippen molar-refractivity contribution in [2.45, 2.75) is 39.5 Å². The van der Waals surface area contributed by atoms with Crippen molar-refractivity contribution in [1.29, 1.82) is 0 Å². The van der Waals surface area contributed by atoms with Gasteiger partial charge in [0.2, 0.25) is 0 Å². The number of unbranched alkanes of at least 4 members (excludes halogenated alkanes) is 3. The van der Waals surface area contributed by atoms with Crippen LogP contribution in [0.1, 0.15) is 48.5 Å². The first-order valence-electron chi connectivity index (χ1n) is 7.05. The van der Waals surface area contributed by atoms with Crippen LogP contribution in [0.3, 0.4) is 0 Å². The Hall–Kier alpha value is -1.35. The molecule has 19 heavy (non-hydrogen) atoms. The number of carbonyl (C=O) groups excluding carboxylic acids is 1. The predicted molar refractivity (Wildman–Crippen MR) is 76.4 cm³/mol. The molecule has 0 N–H and O–H groups in total. The molecule has 1 rings (SSSR count). The summed E-state index contributed by atoms with van der Waals surface area (Å²) in [4.78, 5) is 11.7. The minimum absolute atomic E-state index is 0.279. The third-order valence-corrected chi connectivity index (χ3v) is 2.86. The molecule has 0 heterocycles. The van der Waals surface area contributed by atoms with E-state index in [1.54, 1.807) is 6.07 Å². The van der Waals surface area contributed by atoms with Crippen molar-refractivity contribution in [2.24, 2.45) is 0 Å². The zero-order valence-corrected chi connectivity index (χ0v) is 12.0. The minimum Gasteiger partial charge on any atom is -0.460 e. The monoisotopic (exact) mass is 264 g/mol. The van der Waals surface area contributed by atoms with Crippen LogP contribution in [0.4, 0.5) is 0 Å². The van der Waals surface area contributed by atoms with Gasteiger partial charge in [-0.2, -0.15) is 0 Å². The Morgan fingerprint density at radius 1 is 1.11 bits per heavy atom. The number of benzene rings is 1. The second kappa shape index (κ2) is 9.56. The van der Waals surface area contributed by atoms with Crippen molar-refractivity contribution in [1.82, 2.24) is 0 Å². The maximum atomic E-state index is 11.7. The number of hydrogen-bond acceptors (Lipinski definition) is 3. The smallest absolute Gasteiger partial charge is 0.338 e. The molecule has 0 radical (unpaired) electrons. The fraction of sp³-hybridized carbons (Fsp3) is 0.562. The van der Waals surface area contributed by atoms with E-state index in [9.17, 15) is 4.79 Å². The van der Waals surface area contributed by atoms with E-state index in [0.717, 1.165) is 18.6 Å². The molecule has 0 saturated carbocycles. The standard InChI is InChI=1S/C16H24O3/c1-3-4-5-6-10-18-11-12-19-16(17)15-9-7-8-14(2)13-15/h7-9,13H,3-6,10-12H2,1-2H3. The highest BCUT2D eigenvalue weighted by Crippen LogP contribution is 2.05. The van der Waals surface area contributed by atoms with Gasteiger partial charge in [0.25, 0.3) is 0 Å². The molecule has 0 amide bonds. The SMILES string of the molecule is CCCCCCOCCOC(=O)c1cccc(C)c1. The molecule has 106 valence electrons. The van der Waals surface area contributed by atoms with E-state index in [2.05, 4.69) is 6.92 Å². The predicted octanol–water partition coefficient (Wildman–Crippen LogP) is 3.75. The number of hydrogen-bond donors (Lipinski definition) is 0. The van der Waals surface area contributed by atoms with E-state index in [0.29, 0.717) is 18.8 Å². The van der Waals surface area contributed by atoms with Crippen LogP contribution in [0.15, 0.2) is 24.3 Å². The van der Waals surface area contributed by atoms with Crippen molar-refractivity contribution >= 4 is 5.97 Å². The van der Waals surface area contributed by atoms with Crippen LogP contribution < -0.4 is 0 Å². The third kappa shape index (κ3) is 6.97. The molecule has 0 bridgehead atoms. The average Bonchev–Trinajstić information content (AvgIpc) is 2.41. The number of ether oxygens (including phenoxy) is 2. The van der Waals surface area contributed by atoms with Gasteiger partial charge in [-0.15, -0.1) is 0 Å². The van der Waals surface area contributed by atoms with Crippen molar-refractivity contribution in [2.75, 3.05) is 19.8 Å². The second-order valence-corrected chi connectivity index (χ2v) is 4.68. The number of rotatable bonds is 9. The minimum atomic E-state index is -0.279. The summed E-state index contributed by atoms with van der Waals surface area (Å²) in [6.07, 6.45) is 4.78. The van der Waals surface area contributed by atoms with Gasteiger partial charge in [-0.3, -0.25) is 0 Å². The van der Waals surface area contributed by atoms with Crippen LogP contribution >= 0.6 is 0 Å². The summed E-state index contributed by atoms with van der Waals surface area (Å²) >= 11 is 0. The molecular formula is C16H24O3. The van der Waals surface area contributed by atoms with E-state index in [-0.39, 0.29) is 5.97 Å². The van der Waals surface area contributed by atoms with Gasteiger partial charge in [0.05, 0.1) is 12.2 Å². The Labute approximate surface area is 115 Å². The molecule has 0 unspecified atom stereocenters. The summed E-state index contributed by atoms with van der Waals surface area (Å²) in [6, 6.07) is 7.40. The highest BCUT2D eigenvalue weighted by atomic mass is 16.6. The first-order chi connectivity index (χ1) is 9.24. The van der Waals surface area contributed by atoms with E-state index in [4.69, 9.17) is 9.47 Å². The molecule has 0 spiro atoms. The first-order valence-corrected chi connectivity index (χ1v) is 7.05. The Morgan fingerprint density at radius 3 is 2.68 bits per heavy atom. The number of esters is 1. The number of carbonyl (C=O) groups is 1. The molecule has 0 aliphatic heterocycles. The van der Waals surface area contributed by atoms with Crippen LogP contribution in [-0.2, 0) is 9.47 Å². The molecular weight excluding hydrogens is 240 g/mol. The van der Waals surface area contributed by atoms with E-state index in [1.165, 1.54) is 19.3 Å². The summed E-state index contributed by atoms with van der Waals surface area (Å²) < 4.78 is 10.6. The third-order valence-electron chi connectivity index (χ3n) is 2.86. The Kier molecular flexibility index (Phi) is 7.91. The molecule has 0 aliphatic rings. The maximum Gasteiger partial charge on any atom is 0.338 e. The van der Waals surface area contributed by atoms with Crippen LogP contribution in [-0.4, -0.2) is 25.8 Å². The lowest BCUT2D eigenvalue weighted by molar-refractivity contribution is 0.0312. The lowest BCUT2D eigenvalue weighted by Gasteiger charge is -2.06. The van der Waals surface area contributed by atoms with E-state index < -0.39 is 0 Å². The highest BCUT2D eigenvalue weighted by Gasteiger charge is 2.06. The Bertz CT molecular complexity index is 374. The quantitative estimate of drug-likeness (QED) is 0.503. The summed E-state index contributed by atoms with van der Waals surface area (Å²) in [7, 11) is 0. The maximum absolute atomic E-state index is 11.7. The van der Waals surface area contributed by atoms with Gasteiger partial charge in [-0.05, 0) is 25.5 Å². The van der Waals surface area contributed by atoms with E-state index in [1.807, 2.05) is 25.1 Å². The summed E-state index contributed by atoms with van der Waals surface area (Å²) in [5.41, 5.74) is 1.66. The molecule has 3 nitrogen and oxygen atoms in total. The summed E-state index contributed by atoms with van der Waals surface area (Å²) in [5.74, 6) is -0.279. The normalized spacial score (nSPS) is 10.4. The van der Waals surface area contributed by atoms with Crippen molar-refractivity contribution < 1.29 is 14.3 Å². The zero-order valence-electron chi connectivity index (χ0n) is 12.0. The molecule has 0 aromatic heterocycles. The molecule has 1 aromatic carbocycles. The molecule has 0 saturated heterocycles. The molecule has 0 aliphatic carbocycles. The van der Waals surface area contributed by atoms with Gasteiger partial charge in [0, 0.05) is 6.61 Å². The fourth-order valence-corrected chi connectivity index (χ4v) is 1.78. The molecule has 3 heteroatoms. The van der Waals surface area contributed by atoms with Crippen LogP contribution in [0.25, 0.3) is 0 Å². The second-order valence-electron chi connectivity index (χ2n) is 4.68. The van der Waals surface area contributed by atoms with Gasteiger partial charge in [0.1, 0.15) is 6.61 Å². The average molecular weight is 264 g/mol. The van der Waals surface area contributed by atoms with Crippen LogP contribution in [0, 0.1) is 6.92 Å². The van der Waals surface area contributed by atoms with Crippen LogP contribution in [0.2, 0.25) is 0 Å². The van der Waals surface area contributed by atoms with Gasteiger partial charge >= 0.3 is 5.97 Å². The lowest BCUT2D eigenvalue weighted by Crippen LogP contribution is -2.11. The summed E-state index contributed by atoms with van der Waals surface area (Å²) in [5, 5.41) is 0. The zero-order chi connectivity index (χ0) is 13.9. The highest BCUT2D eigenvalue weighted by molar-refractivity contribution is 5.89. The van der Waals surface area contributed by atoms with Gasteiger partial charge in [0.15, 0.2) is 0 Å². The Balaban J connectivity index is 2.08.